The van der Waals surface area contributed by atoms with Gasteiger partial charge in [-0.1, -0.05) is 17.3 Å². The van der Waals surface area contributed by atoms with Crippen LogP contribution in [-0.2, 0) is 6.42 Å². The molecular formula is C17H21FN8O. The first kappa shape index (κ1) is 17.7. The number of benzene rings is 1. The molecule has 0 saturated carbocycles. The van der Waals surface area contributed by atoms with Crippen molar-refractivity contribution in [1.29, 1.82) is 0 Å². The summed E-state index contributed by atoms with van der Waals surface area (Å²) < 4.78 is 20.8. The summed E-state index contributed by atoms with van der Waals surface area (Å²) in [5.41, 5.74) is 0.797. The van der Waals surface area contributed by atoms with Gasteiger partial charge in [0, 0.05) is 26.1 Å². The van der Waals surface area contributed by atoms with Gasteiger partial charge in [0.05, 0.1) is 6.04 Å². The lowest BCUT2D eigenvalue weighted by molar-refractivity contribution is 0.190. The van der Waals surface area contributed by atoms with Crippen LogP contribution in [0.3, 0.4) is 0 Å². The maximum absolute atomic E-state index is 13.6. The van der Waals surface area contributed by atoms with Crippen molar-refractivity contribution in [2.24, 2.45) is 0 Å². The Balaban J connectivity index is 1.66. The largest absolute Gasteiger partial charge is 0.337 e. The van der Waals surface area contributed by atoms with Crippen molar-refractivity contribution in [3.05, 3.63) is 53.2 Å². The Morgan fingerprint density at radius 3 is 3.04 bits per heavy atom. The molecule has 1 aliphatic rings. The molecule has 3 aromatic rings. The predicted molar refractivity (Wildman–Crippen MR) is 93.3 cm³/mol. The Morgan fingerprint density at radius 2 is 2.30 bits per heavy atom. The summed E-state index contributed by atoms with van der Waals surface area (Å²) in [6.07, 6.45) is 0.435. The minimum absolute atomic E-state index is 0.0426. The van der Waals surface area contributed by atoms with Crippen molar-refractivity contribution < 1.29 is 8.91 Å². The third-order valence-corrected chi connectivity index (χ3v) is 4.82. The van der Waals surface area contributed by atoms with Crippen LogP contribution in [0.2, 0.25) is 0 Å². The van der Waals surface area contributed by atoms with Crippen molar-refractivity contribution in [3.8, 4) is 0 Å². The van der Waals surface area contributed by atoms with Gasteiger partial charge < -0.3 is 9.84 Å². The summed E-state index contributed by atoms with van der Waals surface area (Å²) in [7, 11) is 2.04. The molecule has 142 valence electrons. The number of tetrazole rings is 1. The predicted octanol–water partition coefficient (Wildman–Crippen LogP) is 0.912. The van der Waals surface area contributed by atoms with Crippen molar-refractivity contribution in [1.82, 2.24) is 40.6 Å². The highest BCUT2D eigenvalue weighted by Gasteiger charge is 2.29. The zero-order valence-corrected chi connectivity index (χ0v) is 15.2. The second-order valence-corrected chi connectivity index (χ2v) is 6.71. The van der Waals surface area contributed by atoms with Gasteiger partial charge in [-0.05, 0) is 42.1 Å². The van der Waals surface area contributed by atoms with Crippen LogP contribution >= 0.6 is 0 Å². The van der Waals surface area contributed by atoms with E-state index in [0.29, 0.717) is 24.0 Å². The summed E-state index contributed by atoms with van der Waals surface area (Å²) in [4.78, 5) is 6.82. The van der Waals surface area contributed by atoms with Crippen LogP contribution in [0, 0.1) is 12.7 Å². The zero-order chi connectivity index (χ0) is 18.8. The number of nitrogens with zero attached hydrogens (tertiary/aromatic N) is 7. The van der Waals surface area contributed by atoms with E-state index in [0.717, 1.165) is 25.2 Å². The molecule has 0 spiro atoms. The first-order chi connectivity index (χ1) is 13.1. The molecule has 2 atom stereocenters. The highest BCUT2D eigenvalue weighted by atomic mass is 19.1. The van der Waals surface area contributed by atoms with E-state index in [2.05, 4.69) is 35.9 Å². The van der Waals surface area contributed by atoms with Crippen LogP contribution in [0.5, 0.6) is 0 Å². The van der Waals surface area contributed by atoms with E-state index in [-0.39, 0.29) is 11.9 Å². The van der Waals surface area contributed by atoms with E-state index < -0.39 is 6.04 Å². The Kier molecular flexibility index (Phi) is 4.90. The Labute approximate surface area is 155 Å². The molecule has 9 nitrogen and oxygen atoms in total. The second-order valence-electron chi connectivity index (χ2n) is 6.71. The van der Waals surface area contributed by atoms with E-state index in [4.69, 9.17) is 4.52 Å². The lowest BCUT2D eigenvalue weighted by Gasteiger charge is -2.30. The Morgan fingerprint density at radius 1 is 1.41 bits per heavy atom. The summed E-state index contributed by atoms with van der Waals surface area (Å²) in [6, 6.07) is 6.06. The summed E-state index contributed by atoms with van der Waals surface area (Å²) in [5.74, 6) is 1.35. The van der Waals surface area contributed by atoms with E-state index >= 15 is 0 Å². The molecule has 4 rings (SSSR count). The van der Waals surface area contributed by atoms with Crippen LogP contribution in [-0.4, -0.2) is 61.9 Å². The van der Waals surface area contributed by atoms with Gasteiger partial charge >= 0.3 is 0 Å². The second kappa shape index (κ2) is 7.49. The number of nitrogens with one attached hydrogen (secondary N) is 1. The normalized spacial score (nSPS) is 19.3. The Bertz CT molecular complexity index is 910. The number of likely N-dealkylation sites (N-methyl/N-ethyl adjacent to an activating group) is 1. The van der Waals surface area contributed by atoms with Crippen LogP contribution in [0.25, 0.3) is 0 Å². The standard InChI is InChI=1S/C17H21FN8O/c1-11-21-23-24-26(11)14(9-12-4-3-5-13(18)8-12)17-20-16(22-27-17)15-10-19-6-7-25(15)2/h3-5,8,14-15,19H,6-7,9-10H2,1-2H3. The molecule has 0 aliphatic carbocycles. The highest BCUT2D eigenvalue weighted by Crippen LogP contribution is 2.25. The molecule has 1 aliphatic heterocycles. The van der Waals surface area contributed by atoms with E-state index in [1.54, 1.807) is 17.7 Å². The molecule has 2 aromatic heterocycles. The molecule has 0 bridgehead atoms. The summed E-state index contributed by atoms with van der Waals surface area (Å²) in [5, 5.41) is 19.3. The quantitative estimate of drug-likeness (QED) is 0.706. The van der Waals surface area contributed by atoms with Gasteiger partial charge in [-0.3, -0.25) is 4.90 Å². The minimum atomic E-state index is -0.412. The first-order valence-electron chi connectivity index (χ1n) is 8.85. The van der Waals surface area contributed by atoms with Crippen molar-refractivity contribution >= 4 is 0 Å². The molecule has 0 amide bonds. The number of aryl methyl sites for hydroxylation is 1. The van der Waals surface area contributed by atoms with Gasteiger partial charge in [0.25, 0.3) is 5.89 Å². The van der Waals surface area contributed by atoms with E-state index in [1.165, 1.54) is 12.1 Å². The number of hydrogen-bond acceptors (Lipinski definition) is 8. The average molecular weight is 372 g/mol. The molecule has 2 unspecified atom stereocenters. The van der Waals surface area contributed by atoms with Gasteiger partial charge in [0.2, 0.25) is 0 Å². The molecular weight excluding hydrogens is 351 g/mol. The SMILES string of the molecule is Cc1nnnn1C(Cc1cccc(F)c1)c1nc(C2CNCCN2C)no1. The number of hydrogen-bond donors (Lipinski definition) is 1. The molecule has 0 radical (unpaired) electrons. The van der Waals surface area contributed by atoms with Crippen LogP contribution in [0.15, 0.2) is 28.8 Å². The van der Waals surface area contributed by atoms with Gasteiger partial charge in [-0.15, -0.1) is 5.10 Å². The molecule has 1 fully saturated rings. The van der Waals surface area contributed by atoms with Gasteiger partial charge in [0.15, 0.2) is 5.82 Å². The fourth-order valence-electron chi connectivity index (χ4n) is 3.30. The van der Waals surface area contributed by atoms with Crippen molar-refractivity contribution in [2.75, 3.05) is 26.7 Å². The molecule has 1 saturated heterocycles. The van der Waals surface area contributed by atoms with Crippen LogP contribution < -0.4 is 5.32 Å². The lowest BCUT2D eigenvalue weighted by Crippen LogP contribution is -2.44. The number of aromatic nitrogens is 6. The maximum Gasteiger partial charge on any atom is 0.252 e. The maximum atomic E-state index is 13.6. The van der Waals surface area contributed by atoms with Gasteiger partial charge in [0.1, 0.15) is 17.7 Å². The topological polar surface area (TPSA) is 97.8 Å². The van der Waals surface area contributed by atoms with Crippen molar-refractivity contribution in [2.45, 2.75) is 25.4 Å². The fourth-order valence-corrected chi connectivity index (χ4v) is 3.30. The summed E-state index contributed by atoms with van der Waals surface area (Å²) in [6.45, 7) is 4.40. The number of halogens is 1. The lowest BCUT2D eigenvalue weighted by atomic mass is 10.1. The number of piperazine rings is 1. The third-order valence-electron chi connectivity index (χ3n) is 4.82. The highest BCUT2D eigenvalue weighted by molar-refractivity contribution is 5.19. The van der Waals surface area contributed by atoms with Gasteiger partial charge in [-0.2, -0.15) is 4.98 Å². The van der Waals surface area contributed by atoms with E-state index in [9.17, 15) is 4.39 Å². The molecule has 1 N–H and O–H groups in total. The van der Waals surface area contributed by atoms with E-state index in [1.807, 2.05) is 13.1 Å². The molecule has 27 heavy (non-hydrogen) atoms. The van der Waals surface area contributed by atoms with Crippen LogP contribution in [0.1, 0.15) is 35.2 Å². The molecule has 3 heterocycles. The zero-order valence-electron chi connectivity index (χ0n) is 15.2. The number of rotatable bonds is 5. The molecule has 10 heteroatoms. The smallest absolute Gasteiger partial charge is 0.252 e. The minimum Gasteiger partial charge on any atom is -0.337 e. The molecule has 1 aromatic carbocycles. The first-order valence-corrected chi connectivity index (χ1v) is 8.85. The monoisotopic (exact) mass is 372 g/mol. The fraction of sp³-hybridized carbons (Fsp3) is 0.471. The van der Waals surface area contributed by atoms with Crippen LogP contribution in [0.4, 0.5) is 4.39 Å². The third kappa shape index (κ3) is 3.71. The Hall–Kier alpha value is -2.72. The summed E-state index contributed by atoms with van der Waals surface area (Å²) >= 11 is 0. The van der Waals surface area contributed by atoms with Crippen molar-refractivity contribution in [3.63, 3.8) is 0 Å². The average Bonchev–Trinajstić information content (AvgIpc) is 3.30. The van der Waals surface area contributed by atoms with Gasteiger partial charge in [-0.25, -0.2) is 9.07 Å².